The average molecular weight is 167 g/mol. The number of aliphatic hydroxyl groups is 1. The van der Waals surface area contributed by atoms with E-state index in [1.54, 1.807) is 0 Å². The van der Waals surface area contributed by atoms with Crippen molar-refractivity contribution in [2.75, 3.05) is 6.61 Å². The molecule has 0 aliphatic carbocycles. The maximum absolute atomic E-state index is 9.97. The van der Waals surface area contributed by atoms with Gasteiger partial charge in [-0.15, -0.1) is 0 Å². The third-order valence-electron chi connectivity index (χ3n) is 0.574. The van der Waals surface area contributed by atoms with Crippen LogP contribution in [0.3, 0.4) is 0 Å². The highest BCUT2D eigenvalue weighted by molar-refractivity contribution is 7.46. The first-order valence-corrected chi connectivity index (χ1v) is 3.77. The minimum Gasteiger partial charge on any atom is -0.393 e. The van der Waals surface area contributed by atoms with Gasteiger partial charge in [0.05, 0.1) is 12.7 Å². The highest BCUT2D eigenvalue weighted by atomic mass is 31.2. The molecule has 0 saturated heterocycles. The van der Waals surface area contributed by atoms with Crippen molar-refractivity contribution in [2.45, 2.75) is 6.10 Å². The van der Waals surface area contributed by atoms with E-state index in [0.717, 1.165) is 0 Å². The van der Waals surface area contributed by atoms with Crippen molar-refractivity contribution in [3.8, 4) is 6.07 Å². The van der Waals surface area contributed by atoms with Crippen molar-refractivity contribution in [1.82, 2.24) is 0 Å². The molecule has 0 saturated carbocycles. The van der Waals surface area contributed by atoms with Crippen molar-refractivity contribution in [1.29, 1.82) is 5.26 Å². The maximum atomic E-state index is 9.97. The second kappa shape index (κ2) is 3.66. The minimum absolute atomic E-state index is 0.735. The van der Waals surface area contributed by atoms with Crippen LogP contribution < -0.4 is 0 Å². The van der Waals surface area contributed by atoms with Gasteiger partial charge in [0.25, 0.3) is 0 Å². The lowest BCUT2D eigenvalue weighted by Gasteiger charge is -2.06. The third kappa shape index (κ3) is 4.44. The summed E-state index contributed by atoms with van der Waals surface area (Å²) in [4.78, 5) is 16.2. The Kier molecular flexibility index (Phi) is 3.50. The summed E-state index contributed by atoms with van der Waals surface area (Å²) >= 11 is 0. The van der Waals surface area contributed by atoms with Crippen LogP contribution in [0.5, 0.6) is 0 Å². The zero-order valence-electron chi connectivity index (χ0n) is 4.84. The van der Waals surface area contributed by atoms with Crippen LogP contribution in [-0.2, 0) is 9.09 Å². The van der Waals surface area contributed by atoms with Crippen LogP contribution in [0.25, 0.3) is 0 Å². The predicted octanol–water partition coefficient (Wildman–Crippen LogP) is -1.02. The Labute approximate surface area is 56.9 Å². The van der Waals surface area contributed by atoms with Crippen molar-refractivity contribution < 1.29 is 24.0 Å². The topological polar surface area (TPSA) is 111 Å². The number of phosphoric acid groups is 1. The van der Waals surface area contributed by atoms with Gasteiger partial charge in [0.15, 0.2) is 6.10 Å². The monoisotopic (exact) mass is 167 g/mol. The molecule has 0 amide bonds. The molecular weight excluding hydrogens is 161 g/mol. The molecule has 1 unspecified atom stereocenters. The van der Waals surface area contributed by atoms with Crippen molar-refractivity contribution in [2.24, 2.45) is 0 Å². The highest BCUT2D eigenvalue weighted by Gasteiger charge is 2.20. The van der Waals surface area contributed by atoms with Crippen LogP contribution in [-0.4, -0.2) is 27.6 Å². The zero-order valence-corrected chi connectivity index (χ0v) is 5.73. The van der Waals surface area contributed by atoms with Gasteiger partial charge in [0.1, 0.15) is 0 Å². The number of aliphatic hydroxyl groups excluding tert-OH is 1. The van der Waals surface area contributed by atoms with E-state index in [9.17, 15) is 4.57 Å². The van der Waals surface area contributed by atoms with Gasteiger partial charge in [0, 0.05) is 0 Å². The SMILES string of the molecule is N#CC(CO)OP(=O)(O)O. The molecule has 58 valence electrons. The number of nitriles is 1. The average Bonchev–Trinajstić information content (AvgIpc) is 1.81. The van der Waals surface area contributed by atoms with Crippen LogP contribution >= 0.6 is 7.82 Å². The fourth-order valence-corrected chi connectivity index (χ4v) is 0.709. The van der Waals surface area contributed by atoms with E-state index >= 15 is 0 Å². The summed E-state index contributed by atoms with van der Waals surface area (Å²) in [6.45, 7) is -0.735. The molecule has 3 N–H and O–H groups in total. The van der Waals surface area contributed by atoms with Gasteiger partial charge in [-0.2, -0.15) is 5.26 Å². The molecule has 0 fully saturated rings. The third-order valence-corrected chi connectivity index (χ3v) is 1.10. The Balaban J connectivity index is 3.91. The fraction of sp³-hybridized carbons (Fsp3) is 0.667. The molecule has 1 atom stereocenters. The lowest BCUT2D eigenvalue weighted by Crippen LogP contribution is -2.13. The molecule has 0 aromatic heterocycles. The molecule has 6 nitrogen and oxygen atoms in total. The molecule has 0 heterocycles. The minimum atomic E-state index is -4.64. The molecule has 10 heavy (non-hydrogen) atoms. The normalized spacial score (nSPS) is 14.2. The quantitative estimate of drug-likeness (QED) is 0.464. The molecule has 0 radical (unpaired) electrons. The summed E-state index contributed by atoms with van der Waals surface area (Å²) < 4.78 is 13.8. The van der Waals surface area contributed by atoms with Crippen LogP contribution in [0.4, 0.5) is 0 Å². The fourth-order valence-electron chi connectivity index (χ4n) is 0.263. The van der Waals surface area contributed by atoms with E-state index in [4.69, 9.17) is 20.2 Å². The van der Waals surface area contributed by atoms with Crippen LogP contribution in [0.15, 0.2) is 0 Å². The van der Waals surface area contributed by atoms with Gasteiger partial charge in [-0.05, 0) is 0 Å². The zero-order chi connectivity index (χ0) is 8.20. The maximum Gasteiger partial charge on any atom is 0.470 e. The Hall–Kier alpha value is -0.440. The molecule has 0 aliphatic heterocycles. The van der Waals surface area contributed by atoms with Crippen LogP contribution in [0.2, 0.25) is 0 Å². The van der Waals surface area contributed by atoms with E-state index < -0.39 is 20.5 Å². The van der Waals surface area contributed by atoms with Crippen LogP contribution in [0, 0.1) is 11.3 Å². The van der Waals surface area contributed by atoms with Gasteiger partial charge in [-0.1, -0.05) is 0 Å². The van der Waals surface area contributed by atoms with Crippen molar-refractivity contribution >= 4 is 7.82 Å². The van der Waals surface area contributed by atoms with Gasteiger partial charge in [-0.25, -0.2) is 4.57 Å². The summed E-state index contributed by atoms with van der Waals surface area (Å²) in [5.41, 5.74) is 0. The van der Waals surface area contributed by atoms with Gasteiger partial charge >= 0.3 is 7.82 Å². The summed E-state index contributed by atoms with van der Waals surface area (Å²) in [6, 6.07) is 1.34. The first-order chi connectivity index (χ1) is 4.49. The van der Waals surface area contributed by atoms with Crippen molar-refractivity contribution in [3.05, 3.63) is 0 Å². The van der Waals surface area contributed by atoms with E-state index in [2.05, 4.69) is 4.52 Å². The number of phosphoric ester groups is 1. The van der Waals surface area contributed by atoms with Gasteiger partial charge < -0.3 is 14.9 Å². The van der Waals surface area contributed by atoms with Crippen LogP contribution in [0.1, 0.15) is 0 Å². The second-order valence-electron chi connectivity index (χ2n) is 1.40. The Morgan fingerprint density at radius 3 is 2.30 bits per heavy atom. The number of rotatable bonds is 3. The lowest BCUT2D eigenvalue weighted by molar-refractivity contribution is 0.113. The second-order valence-corrected chi connectivity index (χ2v) is 2.59. The summed E-state index contributed by atoms with van der Waals surface area (Å²) in [6.07, 6.45) is -1.46. The molecule has 0 bridgehead atoms. The first-order valence-electron chi connectivity index (χ1n) is 2.24. The summed E-state index contributed by atoms with van der Waals surface area (Å²) in [5.74, 6) is 0. The molecule has 0 aromatic rings. The molecule has 7 heteroatoms. The smallest absolute Gasteiger partial charge is 0.393 e. The highest BCUT2D eigenvalue weighted by Crippen LogP contribution is 2.37. The lowest BCUT2D eigenvalue weighted by atomic mass is 10.4. The summed E-state index contributed by atoms with van der Waals surface area (Å²) in [5, 5.41) is 16.2. The van der Waals surface area contributed by atoms with Crippen molar-refractivity contribution in [3.63, 3.8) is 0 Å². The molecule has 0 aromatic carbocycles. The van der Waals surface area contributed by atoms with E-state index in [1.165, 1.54) is 6.07 Å². The van der Waals surface area contributed by atoms with E-state index in [0.29, 0.717) is 0 Å². The molecular formula is C3H6NO5P. The standard InChI is InChI=1S/C3H6NO5P/c4-1-3(2-5)9-10(6,7)8/h3,5H,2H2,(H2,6,7,8). The molecule has 0 rings (SSSR count). The Morgan fingerprint density at radius 2 is 2.20 bits per heavy atom. The van der Waals surface area contributed by atoms with Gasteiger partial charge in [-0.3, -0.25) is 4.52 Å². The summed E-state index contributed by atoms with van der Waals surface area (Å²) in [7, 11) is -4.64. The molecule has 0 spiro atoms. The number of hydrogen-bond donors (Lipinski definition) is 3. The number of nitrogens with zero attached hydrogens (tertiary/aromatic N) is 1. The first kappa shape index (κ1) is 9.56. The number of hydrogen-bond acceptors (Lipinski definition) is 4. The largest absolute Gasteiger partial charge is 0.470 e. The molecule has 0 aliphatic rings. The van der Waals surface area contributed by atoms with Gasteiger partial charge in [0.2, 0.25) is 0 Å². The Morgan fingerprint density at radius 1 is 1.70 bits per heavy atom. The van der Waals surface area contributed by atoms with E-state index in [1.807, 2.05) is 0 Å². The Bertz CT molecular complexity index is 180. The van der Waals surface area contributed by atoms with E-state index in [-0.39, 0.29) is 0 Å². The predicted molar refractivity (Wildman–Crippen MR) is 29.6 cm³/mol.